The Bertz CT molecular complexity index is 681. The number of nitrogens with one attached hydrogen (secondary N) is 1. The van der Waals surface area contributed by atoms with E-state index < -0.39 is 0 Å². The minimum atomic E-state index is 0.0602. The van der Waals surface area contributed by atoms with Gasteiger partial charge in [-0.1, -0.05) is 0 Å². The number of ether oxygens (including phenoxy) is 1. The standard InChI is InChI=1S/C16H20N4O2/c1-20-9-6-11(7-10-20)16(21)18-13-5-8-17-12-3-4-14(22-2)19-15(12)13/h3-5,8,11H,6-7,9-10H2,1-2H3,(H,17,18,21). The number of likely N-dealkylation sites (tertiary alicyclic amines) is 1. The molecule has 3 heterocycles. The van der Waals surface area contributed by atoms with E-state index in [1.165, 1.54) is 0 Å². The Hall–Kier alpha value is -2.21. The van der Waals surface area contributed by atoms with Gasteiger partial charge in [0.1, 0.15) is 5.52 Å². The van der Waals surface area contributed by atoms with E-state index in [0.29, 0.717) is 17.1 Å². The van der Waals surface area contributed by atoms with Gasteiger partial charge in [-0.05, 0) is 45.1 Å². The third-order valence-corrected chi connectivity index (χ3v) is 4.11. The number of pyridine rings is 2. The van der Waals surface area contributed by atoms with Crippen LogP contribution >= 0.6 is 0 Å². The Kier molecular flexibility index (Phi) is 4.20. The van der Waals surface area contributed by atoms with Gasteiger partial charge in [-0.3, -0.25) is 9.78 Å². The fraction of sp³-hybridized carbons (Fsp3) is 0.438. The molecule has 0 radical (unpaired) electrons. The van der Waals surface area contributed by atoms with Gasteiger partial charge in [0.25, 0.3) is 0 Å². The van der Waals surface area contributed by atoms with Gasteiger partial charge in [0.15, 0.2) is 0 Å². The van der Waals surface area contributed by atoms with Gasteiger partial charge in [-0.2, -0.15) is 0 Å². The van der Waals surface area contributed by atoms with Crippen molar-refractivity contribution in [3.63, 3.8) is 0 Å². The lowest BCUT2D eigenvalue weighted by molar-refractivity contribution is -0.121. The van der Waals surface area contributed by atoms with E-state index in [2.05, 4.69) is 27.2 Å². The van der Waals surface area contributed by atoms with E-state index in [1.807, 2.05) is 6.07 Å². The molecule has 1 aliphatic rings. The Labute approximate surface area is 129 Å². The van der Waals surface area contributed by atoms with Crippen molar-refractivity contribution in [2.24, 2.45) is 5.92 Å². The second-order valence-corrected chi connectivity index (χ2v) is 5.65. The second kappa shape index (κ2) is 6.27. The maximum absolute atomic E-state index is 12.5. The number of hydrogen-bond donors (Lipinski definition) is 1. The molecule has 116 valence electrons. The van der Waals surface area contributed by atoms with Crippen molar-refractivity contribution in [3.8, 4) is 5.88 Å². The molecule has 2 aromatic rings. The number of methoxy groups -OCH3 is 1. The van der Waals surface area contributed by atoms with Gasteiger partial charge in [-0.25, -0.2) is 4.98 Å². The Balaban J connectivity index is 1.82. The summed E-state index contributed by atoms with van der Waals surface area (Å²) in [4.78, 5) is 23.4. The first-order valence-electron chi connectivity index (χ1n) is 7.46. The SMILES string of the molecule is COc1ccc2nccc(NC(=O)C3CCN(C)CC3)c2n1. The number of hydrogen-bond acceptors (Lipinski definition) is 5. The van der Waals surface area contributed by atoms with Gasteiger partial charge >= 0.3 is 0 Å². The lowest BCUT2D eigenvalue weighted by Gasteiger charge is -2.28. The monoisotopic (exact) mass is 300 g/mol. The molecule has 1 saturated heterocycles. The van der Waals surface area contributed by atoms with Crippen molar-refractivity contribution < 1.29 is 9.53 Å². The average Bonchev–Trinajstić information content (AvgIpc) is 2.55. The van der Waals surface area contributed by atoms with Gasteiger partial charge in [0.05, 0.1) is 18.3 Å². The van der Waals surface area contributed by atoms with Gasteiger partial charge in [0, 0.05) is 18.2 Å². The van der Waals surface area contributed by atoms with Crippen LogP contribution < -0.4 is 10.1 Å². The van der Waals surface area contributed by atoms with Crippen LogP contribution in [0.4, 0.5) is 5.69 Å². The zero-order chi connectivity index (χ0) is 15.5. The minimum absolute atomic E-state index is 0.0602. The van der Waals surface area contributed by atoms with Crippen LogP contribution in [0.3, 0.4) is 0 Å². The highest BCUT2D eigenvalue weighted by molar-refractivity contribution is 6.00. The van der Waals surface area contributed by atoms with Crippen LogP contribution in [0.1, 0.15) is 12.8 Å². The summed E-state index contributed by atoms with van der Waals surface area (Å²) in [6.07, 6.45) is 3.46. The van der Waals surface area contributed by atoms with Crippen LogP contribution in [0.2, 0.25) is 0 Å². The van der Waals surface area contributed by atoms with Gasteiger partial charge < -0.3 is 15.0 Å². The lowest BCUT2D eigenvalue weighted by atomic mass is 9.96. The molecule has 1 N–H and O–H groups in total. The Morgan fingerprint density at radius 1 is 1.32 bits per heavy atom. The Morgan fingerprint density at radius 3 is 2.82 bits per heavy atom. The summed E-state index contributed by atoms with van der Waals surface area (Å²) in [6, 6.07) is 5.38. The predicted molar refractivity (Wildman–Crippen MR) is 84.9 cm³/mol. The van der Waals surface area contributed by atoms with E-state index in [-0.39, 0.29) is 11.8 Å². The van der Waals surface area contributed by atoms with Crippen molar-refractivity contribution in [2.75, 3.05) is 32.6 Å². The number of anilines is 1. The number of amides is 1. The number of carbonyl (C=O) groups excluding carboxylic acids is 1. The number of carbonyl (C=O) groups is 1. The number of aromatic nitrogens is 2. The molecule has 0 spiro atoms. The fourth-order valence-electron chi connectivity index (χ4n) is 2.73. The second-order valence-electron chi connectivity index (χ2n) is 5.65. The molecular formula is C16H20N4O2. The summed E-state index contributed by atoms with van der Waals surface area (Å²) in [5, 5.41) is 3.01. The van der Waals surface area contributed by atoms with E-state index in [9.17, 15) is 4.79 Å². The minimum Gasteiger partial charge on any atom is -0.481 e. The normalized spacial score (nSPS) is 16.6. The molecule has 1 aliphatic heterocycles. The highest BCUT2D eigenvalue weighted by Gasteiger charge is 2.23. The van der Waals surface area contributed by atoms with Crippen LogP contribution in [0, 0.1) is 5.92 Å². The van der Waals surface area contributed by atoms with Crippen molar-refractivity contribution in [2.45, 2.75) is 12.8 Å². The van der Waals surface area contributed by atoms with Crippen molar-refractivity contribution in [1.82, 2.24) is 14.9 Å². The summed E-state index contributed by atoms with van der Waals surface area (Å²) < 4.78 is 5.15. The number of fused-ring (bicyclic) bond motifs is 1. The average molecular weight is 300 g/mol. The molecule has 0 saturated carbocycles. The highest BCUT2D eigenvalue weighted by atomic mass is 16.5. The molecule has 22 heavy (non-hydrogen) atoms. The zero-order valence-corrected chi connectivity index (χ0v) is 12.9. The molecule has 2 aromatic heterocycles. The fourth-order valence-corrected chi connectivity index (χ4v) is 2.73. The van der Waals surface area contributed by atoms with Crippen LogP contribution in [-0.4, -0.2) is 48.0 Å². The van der Waals surface area contributed by atoms with Crippen LogP contribution in [0.5, 0.6) is 5.88 Å². The summed E-state index contributed by atoms with van der Waals surface area (Å²) in [5.41, 5.74) is 2.08. The molecule has 1 amide bonds. The van der Waals surface area contributed by atoms with Gasteiger partial charge in [-0.15, -0.1) is 0 Å². The zero-order valence-electron chi connectivity index (χ0n) is 12.9. The van der Waals surface area contributed by atoms with Crippen molar-refractivity contribution in [3.05, 3.63) is 24.4 Å². The third-order valence-electron chi connectivity index (χ3n) is 4.11. The smallest absolute Gasteiger partial charge is 0.227 e. The summed E-state index contributed by atoms with van der Waals surface area (Å²) in [7, 11) is 3.65. The number of nitrogens with zero attached hydrogens (tertiary/aromatic N) is 3. The maximum Gasteiger partial charge on any atom is 0.227 e. The third kappa shape index (κ3) is 3.01. The predicted octanol–water partition coefficient (Wildman–Crippen LogP) is 1.92. The highest BCUT2D eigenvalue weighted by Crippen LogP contribution is 2.24. The summed E-state index contributed by atoms with van der Waals surface area (Å²) in [6.45, 7) is 1.92. The maximum atomic E-state index is 12.5. The molecule has 0 aliphatic carbocycles. The summed E-state index contributed by atoms with van der Waals surface area (Å²) in [5.74, 6) is 0.630. The molecule has 0 aromatic carbocycles. The van der Waals surface area contributed by atoms with Crippen LogP contribution in [0.25, 0.3) is 11.0 Å². The first kappa shape index (κ1) is 14.7. The van der Waals surface area contributed by atoms with Crippen LogP contribution in [0.15, 0.2) is 24.4 Å². The van der Waals surface area contributed by atoms with Crippen molar-refractivity contribution >= 4 is 22.6 Å². The van der Waals surface area contributed by atoms with E-state index in [0.717, 1.165) is 31.4 Å². The quantitative estimate of drug-likeness (QED) is 0.938. The van der Waals surface area contributed by atoms with E-state index >= 15 is 0 Å². The molecule has 6 nitrogen and oxygen atoms in total. The number of piperidine rings is 1. The topological polar surface area (TPSA) is 67.3 Å². The molecule has 1 fully saturated rings. The lowest BCUT2D eigenvalue weighted by Crippen LogP contribution is -2.35. The Morgan fingerprint density at radius 2 is 2.09 bits per heavy atom. The molecule has 6 heteroatoms. The first-order valence-corrected chi connectivity index (χ1v) is 7.46. The molecule has 0 bridgehead atoms. The molecular weight excluding hydrogens is 280 g/mol. The molecule has 0 atom stereocenters. The number of rotatable bonds is 3. The van der Waals surface area contributed by atoms with E-state index in [1.54, 1.807) is 25.4 Å². The van der Waals surface area contributed by atoms with Crippen LogP contribution in [-0.2, 0) is 4.79 Å². The largest absolute Gasteiger partial charge is 0.481 e. The molecule has 3 rings (SSSR count). The first-order chi connectivity index (χ1) is 10.7. The van der Waals surface area contributed by atoms with E-state index in [4.69, 9.17) is 4.74 Å². The van der Waals surface area contributed by atoms with Crippen molar-refractivity contribution in [1.29, 1.82) is 0 Å². The molecule has 0 unspecified atom stereocenters. The van der Waals surface area contributed by atoms with Gasteiger partial charge in [0.2, 0.25) is 11.8 Å². The summed E-state index contributed by atoms with van der Waals surface area (Å²) >= 11 is 0.